The molecular formula is C19H20BrNO3. The minimum atomic E-state index is -0.0139. The Morgan fingerprint density at radius 3 is 2.54 bits per heavy atom. The van der Waals surface area contributed by atoms with Crippen molar-refractivity contribution >= 4 is 21.8 Å². The van der Waals surface area contributed by atoms with Gasteiger partial charge in [-0.1, -0.05) is 22.0 Å². The lowest BCUT2D eigenvalue weighted by Gasteiger charge is -2.36. The first-order chi connectivity index (χ1) is 11.5. The van der Waals surface area contributed by atoms with Gasteiger partial charge in [0.15, 0.2) is 11.5 Å². The molecule has 1 aliphatic rings. The summed E-state index contributed by atoms with van der Waals surface area (Å²) in [4.78, 5) is 14.8. The molecule has 1 heterocycles. The smallest absolute Gasteiger partial charge is 0.254 e. The van der Waals surface area contributed by atoms with Crippen molar-refractivity contribution in [1.29, 1.82) is 0 Å². The molecule has 0 saturated heterocycles. The Balaban J connectivity index is 1.94. The molecule has 1 amide bonds. The van der Waals surface area contributed by atoms with E-state index in [2.05, 4.69) is 22.9 Å². The van der Waals surface area contributed by atoms with Crippen LogP contribution in [-0.4, -0.2) is 31.6 Å². The van der Waals surface area contributed by atoms with Crippen LogP contribution in [0.25, 0.3) is 0 Å². The highest BCUT2D eigenvalue weighted by molar-refractivity contribution is 9.10. The topological polar surface area (TPSA) is 38.8 Å². The van der Waals surface area contributed by atoms with Gasteiger partial charge in [0.05, 0.1) is 20.3 Å². The lowest BCUT2D eigenvalue weighted by molar-refractivity contribution is 0.0677. The summed E-state index contributed by atoms with van der Waals surface area (Å²) >= 11 is 3.43. The van der Waals surface area contributed by atoms with Crippen molar-refractivity contribution in [3.05, 3.63) is 57.6 Å². The van der Waals surface area contributed by atoms with Crippen LogP contribution in [0.3, 0.4) is 0 Å². The zero-order valence-electron chi connectivity index (χ0n) is 14.0. The molecule has 3 rings (SSSR count). The van der Waals surface area contributed by atoms with Crippen LogP contribution in [0.15, 0.2) is 40.9 Å². The molecule has 0 unspecified atom stereocenters. The number of benzene rings is 2. The van der Waals surface area contributed by atoms with Crippen molar-refractivity contribution in [1.82, 2.24) is 4.90 Å². The number of carbonyl (C=O) groups excluding carboxylic acids is 1. The van der Waals surface area contributed by atoms with Gasteiger partial charge in [-0.25, -0.2) is 0 Å². The van der Waals surface area contributed by atoms with Gasteiger partial charge in [-0.15, -0.1) is 0 Å². The van der Waals surface area contributed by atoms with Gasteiger partial charge >= 0.3 is 0 Å². The number of hydrogen-bond acceptors (Lipinski definition) is 3. The van der Waals surface area contributed by atoms with Crippen molar-refractivity contribution in [3.8, 4) is 11.5 Å². The quantitative estimate of drug-likeness (QED) is 0.788. The van der Waals surface area contributed by atoms with Gasteiger partial charge in [-0.05, 0) is 54.8 Å². The molecule has 0 spiro atoms. The van der Waals surface area contributed by atoms with E-state index in [9.17, 15) is 4.79 Å². The summed E-state index contributed by atoms with van der Waals surface area (Å²) < 4.78 is 11.7. The standard InChI is InChI=1S/C19H20BrNO3/c1-12-16-11-18(24-3)17(23-2)10-13(16)7-8-21(12)19(22)14-5-4-6-15(20)9-14/h4-6,9-12H,7-8H2,1-3H3/t12-/m0/s1. The first kappa shape index (κ1) is 16.8. The molecule has 0 aromatic heterocycles. The molecule has 0 saturated carbocycles. The third kappa shape index (κ3) is 3.00. The molecule has 0 fully saturated rings. The molecule has 5 heteroatoms. The van der Waals surface area contributed by atoms with Crippen molar-refractivity contribution in [2.45, 2.75) is 19.4 Å². The molecule has 1 aliphatic heterocycles. The molecule has 4 nitrogen and oxygen atoms in total. The van der Waals surface area contributed by atoms with Crippen LogP contribution in [0.4, 0.5) is 0 Å². The van der Waals surface area contributed by atoms with E-state index in [4.69, 9.17) is 9.47 Å². The van der Waals surface area contributed by atoms with Gasteiger partial charge in [-0.3, -0.25) is 4.79 Å². The molecule has 1 atom stereocenters. The van der Waals surface area contributed by atoms with E-state index in [1.165, 1.54) is 5.56 Å². The third-order valence-corrected chi connectivity index (χ3v) is 5.01. The fourth-order valence-corrected chi connectivity index (χ4v) is 3.61. The normalized spacial score (nSPS) is 16.5. The Kier molecular flexibility index (Phi) is 4.81. The second-order valence-electron chi connectivity index (χ2n) is 5.84. The predicted octanol–water partition coefficient (Wildman–Crippen LogP) is 4.23. The maximum Gasteiger partial charge on any atom is 0.254 e. The maximum absolute atomic E-state index is 12.9. The minimum absolute atomic E-state index is 0.0139. The van der Waals surface area contributed by atoms with E-state index >= 15 is 0 Å². The van der Waals surface area contributed by atoms with Crippen molar-refractivity contribution < 1.29 is 14.3 Å². The Morgan fingerprint density at radius 1 is 1.17 bits per heavy atom. The molecule has 24 heavy (non-hydrogen) atoms. The van der Waals surface area contributed by atoms with E-state index in [-0.39, 0.29) is 11.9 Å². The molecule has 2 aromatic carbocycles. The van der Waals surface area contributed by atoms with E-state index in [0.29, 0.717) is 17.9 Å². The van der Waals surface area contributed by atoms with Crippen molar-refractivity contribution in [2.24, 2.45) is 0 Å². The fourth-order valence-electron chi connectivity index (χ4n) is 3.21. The number of nitrogens with zero attached hydrogens (tertiary/aromatic N) is 1. The van der Waals surface area contributed by atoms with Crippen LogP contribution < -0.4 is 9.47 Å². The van der Waals surface area contributed by atoms with Crippen LogP contribution in [0.5, 0.6) is 11.5 Å². The third-order valence-electron chi connectivity index (χ3n) is 4.52. The van der Waals surface area contributed by atoms with Gasteiger partial charge in [0.2, 0.25) is 0 Å². The zero-order chi connectivity index (χ0) is 17.3. The molecule has 0 bridgehead atoms. The van der Waals surface area contributed by atoms with Gasteiger partial charge in [0.25, 0.3) is 5.91 Å². The second-order valence-corrected chi connectivity index (χ2v) is 6.76. The monoisotopic (exact) mass is 389 g/mol. The Morgan fingerprint density at radius 2 is 1.88 bits per heavy atom. The molecule has 0 N–H and O–H groups in total. The Hall–Kier alpha value is -2.01. The second kappa shape index (κ2) is 6.85. The molecule has 126 valence electrons. The number of ether oxygens (including phenoxy) is 2. The van der Waals surface area contributed by atoms with Gasteiger partial charge in [-0.2, -0.15) is 0 Å². The summed E-state index contributed by atoms with van der Waals surface area (Å²) in [6, 6.07) is 11.5. The number of methoxy groups -OCH3 is 2. The number of fused-ring (bicyclic) bond motifs is 1. The summed E-state index contributed by atoms with van der Waals surface area (Å²) in [6.45, 7) is 2.74. The predicted molar refractivity (Wildman–Crippen MR) is 96.8 cm³/mol. The lowest BCUT2D eigenvalue weighted by atomic mass is 9.92. The highest BCUT2D eigenvalue weighted by Crippen LogP contribution is 2.38. The number of carbonyl (C=O) groups is 1. The SMILES string of the molecule is COc1cc2c(cc1OC)[C@H](C)N(C(=O)c1cccc(Br)c1)CC2. The molecule has 0 aliphatic carbocycles. The Labute approximate surface area is 150 Å². The first-order valence-electron chi connectivity index (χ1n) is 7.86. The summed E-state index contributed by atoms with van der Waals surface area (Å²) in [5.74, 6) is 1.47. The first-order valence-corrected chi connectivity index (χ1v) is 8.65. The van der Waals surface area contributed by atoms with Crippen LogP contribution in [0.1, 0.15) is 34.5 Å². The fraction of sp³-hybridized carbons (Fsp3) is 0.316. The van der Waals surface area contributed by atoms with E-state index < -0.39 is 0 Å². The Bertz CT molecular complexity index is 775. The van der Waals surface area contributed by atoms with Gasteiger partial charge in [0, 0.05) is 16.6 Å². The summed E-state index contributed by atoms with van der Waals surface area (Å²) in [7, 11) is 3.27. The number of hydrogen-bond donors (Lipinski definition) is 0. The van der Waals surface area contributed by atoms with Crippen molar-refractivity contribution in [2.75, 3.05) is 20.8 Å². The average molecular weight is 390 g/mol. The van der Waals surface area contributed by atoms with Crippen LogP contribution >= 0.6 is 15.9 Å². The van der Waals surface area contributed by atoms with Crippen LogP contribution in [-0.2, 0) is 6.42 Å². The van der Waals surface area contributed by atoms with E-state index in [1.807, 2.05) is 41.3 Å². The lowest BCUT2D eigenvalue weighted by Crippen LogP contribution is -2.38. The number of rotatable bonds is 3. The number of amides is 1. The highest BCUT2D eigenvalue weighted by atomic mass is 79.9. The minimum Gasteiger partial charge on any atom is -0.493 e. The highest BCUT2D eigenvalue weighted by Gasteiger charge is 2.29. The average Bonchev–Trinajstić information content (AvgIpc) is 2.60. The van der Waals surface area contributed by atoms with Gasteiger partial charge in [0.1, 0.15) is 0 Å². The molecular weight excluding hydrogens is 370 g/mol. The van der Waals surface area contributed by atoms with Crippen LogP contribution in [0.2, 0.25) is 0 Å². The summed E-state index contributed by atoms with van der Waals surface area (Å²) in [6.07, 6.45) is 0.805. The summed E-state index contributed by atoms with van der Waals surface area (Å²) in [5, 5.41) is 0. The van der Waals surface area contributed by atoms with Crippen molar-refractivity contribution in [3.63, 3.8) is 0 Å². The zero-order valence-corrected chi connectivity index (χ0v) is 15.6. The van der Waals surface area contributed by atoms with E-state index in [0.717, 1.165) is 22.2 Å². The summed E-state index contributed by atoms with van der Waals surface area (Å²) in [5.41, 5.74) is 3.01. The van der Waals surface area contributed by atoms with Gasteiger partial charge < -0.3 is 14.4 Å². The largest absolute Gasteiger partial charge is 0.493 e. The molecule has 2 aromatic rings. The van der Waals surface area contributed by atoms with Crippen LogP contribution in [0, 0.1) is 0 Å². The number of halogens is 1. The molecule has 0 radical (unpaired) electrons. The maximum atomic E-state index is 12.9. The van der Waals surface area contributed by atoms with E-state index in [1.54, 1.807) is 14.2 Å².